The summed E-state index contributed by atoms with van der Waals surface area (Å²) in [5.41, 5.74) is 1.19. The summed E-state index contributed by atoms with van der Waals surface area (Å²) in [6.07, 6.45) is 1.02. The van der Waals surface area contributed by atoms with Crippen LogP contribution in [-0.4, -0.2) is 60.7 Å². The number of amides is 3. The number of anilines is 1. The fourth-order valence-electron chi connectivity index (χ4n) is 2.63. The molecule has 1 aromatic carbocycles. The number of carbonyl (C=O) groups excluding carboxylic acids is 3. The third kappa shape index (κ3) is 4.32. The number of carbonyl (C=O) groups is 3. The van der Waals surface area contributed by atoms with Gasteiger partial charge in [0.1, 0.15) is 0 Å². The van der Waals surface area contributed by atoms with Gasteiger partial charge in [0.15, 0.2) is 0 Å². The summed E-state index contributed by atoms with van der Waals surface area (Å²) in [4.78, 5) is 39.7. The van der Waals surface area contributed by atoms with Crippen LogP contribution in [0.3, 0.4) is 0 Å². The maximum Gasteiger partial charge on any atom is 0.224 e. The van der Waals surface area contributed by atoms with Gasteiger partial charge in [0.25, 0.3) is 0 Å². The molecule has 0 saturated carbocycles. The molecule has 0 N–H and O–H groups in total. The number of benzene rings is 1. The van der Waals surface area contributed by atoms with Crippen molar-refractivity contribution in [2.75, 3.05) is 37.6 Å². The van der Waals surface area contributed by atoms with Gasteiger partial charge in [-0.05, 0) is 24.3 Å². The zero-order valence-electron chi connectivity index (χ0n) is 13.6. The number of nitrogens with zero attached hydrogens (tertiary/aromatic N) is 4. The second-order valence-corrected chi connectivity index (χ2v) is 5.60. The number of rotatable bonds is 5. The molecule has 1 fully saturated rings. The van der Waals surface area contributed by atoms with Gasteiger partial charge in [-0.1, -0.05) is 0 Å². The minimum Gasteiger partial charge on any atom is -0.342 e. The third-order valence-electron chi connectivity index (χ3n) is 4.05. The lowest BCUT2D eigenvalue weighted by Gasteiger charge is -2.33. The van der Waals surface area contributed by atoms with Crippen LogP contribution in [0.15, 0.2) is 24.3 Å². The van der Waals surface area contributed by atoms with E-state index in [4.69, 9.17) is 5.26 Å². The first-order chi connectivity index (χ1) is 11.5. The lowest BCUT2D eigenvalue weighted by atomic mass is 10.2. The van der Waals surface area contributed by atoms with Crippen LogP contribution in [0.1, 0.15) is 18.9 Å². The average Bonchev–Trinajstić information content (AvgIpc) is 2.62. The summed E-state index contributed by atoms with van der Waals surface area (Å²) in [6.45, 7) is 3.87. The average molecular weight is 328 g/mol. The predicted molar refractivity (Wildman–Crippen MR) is 88.0 cm³/mol. The van der Waals surface area contributed by atoms with E-state index in [1.807, 2.05) is 6.07 Å². The minimum atomic E-state index is -0.154. The van der Waals surface area contributed by atoms with Gasteiger partial charge in [-0.2, -0.15) is 5.26 Å². The highest BCUT2D eigenvalue weighted by Crippen LogP contribution is 2.16. The standard InChI is InChI=1S/C17H20N4O3/c1-14(23)21(16-4-2-15(12-18)3-5-16)7-6-17(24)20-10-8-19(13-22)9-11-20/h2-5,13H,6-11H2,1H3. The van der Waals surface area contributed by atoms with Crippen molar-refractivity contribution in [3.05, 3.63) is 29.8 Å². The van der Waals surface area contributed by atoms with Crippen LogP contribution in [0, 0.1) is 11.3 Å². The van der Waals surface area contributed by atoms with Crippen molar-refractivity contribution in [1.29, 1.82) is 5.26 Å². The highest BCUT2D eigenvalue weighted by molar-refractivity contribution is 5.92. The lowest BCUT2D eigenvalue weighted by Crippen LogP contribution is -2.48. The fourth-order valence-corrected chi connectivity index (χ4v) is 2.63. The predicted octanol–water partition coefficient (Wildman–Crippen LogP) is 0.602. The van der Waals surface area contributed by atoms with Crippen LogP contribution < -0.4 is 4.90 Å². The Hall–Kier alpha value is -2.88. The second-order valence-electron chi connectivity index (χ2n) is 5.60. The van der Waals surface area contributed by atoms with Crippen LogP contribution in [-0.2, 0) is 14.4 Å². The Morgan fingerprint density at radius 1 is 1.21 bits per heavy atom. The Balaban J connectivity index is 1.94. The van der Waals surface area contributed by atoms with Crippen LogP contribution in [0.4, 0.5) is 5.69 Å². The Labute approximate surface area is 141 Å². The van der Waals surface area contributed by atoms with Crippen molar-refractivity contribution in [2.45, 2.75) is 13.3 Å². The summed E-state index contributed by atoms with van der Waals surface area (Å²) in [6, 6.07) is 8.72. The van der Waals surface area contributed by atoms with Crippen LogP contribution in [0.5, 0.6) is 0 Å². The highest BCUT2D eigenvalue weighted by atomic mass is 16.2. The molecule has 3 amide bonds. The number of hydrogen-bond acceptors (Lipinski definition) is 4. The maximum atomic E-state index is 12.3. The lowest BCUT2D eigenvalue weighted by molar-refractivity contribution is -0.135. The van der Waals surface area contributed by atoms with E-state index in [0.29, 0.717) is 37.4 Å². The molecule has 0 radical (unpaired) electrons. The molecule has 126 valence electrons. The first kappa shape index (κ1) is 17.5. The van der Waals surface area contributed by atoms with Crippen molar-refractivity contribution in [2.24, 2.45) is 0 Å². The summed E-state index contributed by atoms with van der Waals surface area (Å²) < 4.78 is 0. The van der Waals surface area contributed by atoms with Gasteiger partial charge in [-0.3, -0.25) is 14.4 Å². The molecule has 2 rings (SSSR count). The van der Waals surface area contributed by atoms with Crippen molar-refractivity contribution in [1.82, 2.24) is 9.80 Å². The Morgan fingerprint density at radius 3 is 2.33 bits per heavy atom. The second kappa shape index (κ2) is 8.11. The smallest absolute Gasteiger partial charge is 0.224 e. The summed E-state index contributed by atoms with van der Waals surface area (Å²) in [5, 5.41) is 8.83. The van der Waals surface area contributed by atoms with Crippen molar-refractivity contribution in [3.8, 4) is 6.07 Å². The molecule has 0 atom stereocenters. The molecular weight excluding hydrogens is 308 g/mol. The Morgan fingerprint density at radius 2 is 1.83 bits per heavy atom. The van der Waals surface area contributed by atoms with Gasteiger partial charge in [0, 0.05) is 51.8 Å². The van der Waals surface area contributed by atoms with Crippen LogP contribution in [0.2, 0.25) is 0 Å². The van der Waals surface area contributed by atoms with Crippen molar-refractivity contribution in [3.63, 3.8) is 0 Å². The molecule has 1 heterocycles. The Kier molecular flexibility index (Phi) is 5.90. The van der Waals surface area contributed by atoms with Gasteiger partial charge in [-0.15, -0.1) is 0 Å². The van der Waals surface area contributed by atoms with Gasteiger partial charge in [-0.25, -0.2) is 0 Å². The summed E-state index contributed by atoms with van der Waals surface area (Å²) >= 11 is 0. The normalized spacial score (nSPS) is 14.0. The maximum absolute atomic E-state index is 12.3. The summed E-state index contributed by atoms with van der Waals surface area (Å²) in [7, 11) is 0. The zero-order valence-corrected chi connectivity index (χ0v) is 13.6. The molecule has 1 aromatic rings. The number of nitriles is 1. The molecule has 0 bridgehead atoms. The van der Waals surface area contributed by atoms with E-state index in [9.17, 15) is 14.4 Å². The molecule has 24 heavy (non-hydrogen) atoms. The van der Waals surface area contributed by atoms with E-state index in [1.165, 1.54) is 11.8 Å². The Bertz CT molecular complexity index is 643. The molecule has 0 aliphatic carbocycles. The van der Waals surface area contributed by atoms with Gasteiger partial charge in [0.05, 0.1) is 11.6 Å². The first-order valence-electron chi connectivity index (χ1n) is 7.80. The molecule has 0 unspecified atom stereocenters. The van der Waals surface area contributed by atoms with E-state index in [1.54, 1.807) is 34.1 Å². The monoisotopic (exact) mass is 328 g/mol. The number of hydrogen-bond donors (Lipinski definition) is 0. The molecule has 1 aliphatic heterocycles. The first-order valence-corrected chi connectivity index (χ1v) is 7.80. The molecule has 7 nitrogen and oxygen atoms in total. The SMILES string of the molecule is CC(=O)N(CCC(=O)N1CCN(C=O)CC1)c1ccc(C#N)cc1. The quantitative estimate of drug-likeness (QED) is 0.741. The van der Waals surface area contributed by atoms with Gasteiger partial charge >= 0.3 is 0 Å². The molecule has 0 spiro atoms. The van der Waals surface area contributed by atoms with Crippen molar-refractivity contribution >= 4 is 23.9 Å². The third-order valence-corrected chi connectivity index (χ3v) is 4.05. The van der Waals surface area contributed by atoms with Crippen LogP contribution in [0.25, 0.3) is 0 Å². The summed E-state index contributed by atoms with van der Waals surface area (Å²) in [5.74, 6) is -0.182. The van der Waals surface area contributed by atoms with Gasteiger partial charge < -0.3 is 14.7 Å². The van der Waals surface area contributed by atoms with E-state index in [2.05, 4.69) is 0 Å². The fraction of sp³-hybridized carbons (Fsp3) is 0.412. The minimum absolute atomic E-state index is 0.0274. The van der Waals surface area contributed by atoms with Crippen LogP contribution >= 0.6 is 0 Å². The molecule has 7 heteroatoms. The molecular formula is C17H20N4O3. The molecule has 1 saturated heterocycles. The van der Waals surface area contributed by atoms with E-state index < -0.39 is 0 Å². The topological polar surface area (TPSA) is 84.7 Å². The van der Waals surface area contributed by atoms with E-state index in [-0.39, 0.29) is 24.8 Å². The largest absolute Gasteiger partial charge is 0.342 e. The zero-order chi connectivity index (χ0) is 17.5. The highest BCUT2D eigenvalue weighted by Gasteiger charge is 2.21. The van der Waals surface area contributed by atoms with Crippen molar-refractivity contribution < 1.29 is 14.4 Å². The number of piperazine rings is 1. The molecule has 1 aliphatic rings. The molecule has 0 aromatic heterocycles. The van der Waals surface area contributed by atoms with E-state index in [0.717, 1.165) is 6.41 Å². The van der Waals surface area contributed by atoms with Gasteiger partial charge in [0.2, 0.25) is 18.2 Å². The van der Waals surface area contributed by atoms with E-state index >= 15 is 0 Å².